The normalized spacial score (nSPS) is 12.7. The second-order valence-electron chi connectivity index (χ2n) is 3.96. The Morgan fingerprint density at radius 3 is 2.64 bits per heavy atom. The van der Waals surface area contributed by atoms with Crippen LogP contribution in [0, 0.1) is 5.92 Å². The van der Waals surface area contributed by atoms with Gasteiger partial charge in [-0.1, -0.05) is 33.1 Å². The first-order valence-corrected chi connectivity index (χ1v) is 5.82. The first-order chi connectivity index (χ1) is 6.81. The fourth-order valence-electron chi connectivity index (χ4n) is 1.35. The van der Waals surface area contributed by atoms with Gasteiger partial charge in [0.15, 0.2) is 0 Å². The third-order valence-corrected chi connectivity index (χ3v) is 2.42. The van der Waals surface area contributed by atoms with Crippen molar-refractivity contribution < 1.29 is 9.53 Å². The first kappa shape index (κ1) is 13.6. The fourth-order valence-corrected chi connectivity index (χ4v) is 1.35. The SMILES string of the molecule is CCCCC(C)CCOCCCC=O. The van der Waals surface area contributed by atoms with Gasteiger partial charge in [0.05, 0.1) is 0 Å². The van der Waals surface area contributed by atoms with Crippen LogP contribution in [0.3, 0.4) is 0 Å². The summed E-state index contributed by atoms with van der Waals surface area (Å²) in [6.07, 6.45) is 7.53. The molecule has 0 aliphatic carbocycles. The van der Waals surface area contributed by atoms with Crippen molar-refractivity contribution in [2.45, 2.75) is 52.4 Å². The summed E-state index contributed by atoms with van der Waals surface area (Å²) in [7, 11) is 0. The molecule has 84 valence electrons. The van der Waals surface area contributed by atoms with Gasteiger partial charge in [-0.05, 0) is 18.8 Å². The van der Waals surface area contributed by atoms with Crippen LogP contribution in [0.15, 0.2) is 0 Å². The predicted octanol–water partition coefficient (Wildman–Crippen LogP) is 3.20. The second-order valence-corrected chi connectivity index (χ2v) is 3.96. The predicted molar refractivity (Wildman–Crippen MR) is 59.4 cm³/mol. The number of aldehydes is 1. The molecule has 1 unspecified atom stereocenters. The van der Waals surface area contributed by atoms with Crippen LogP contribution in [0.1, 0.15) is 52.4 Å². The van der Waals surface area contributed by atoms with Crippen molar-refractivity contribution in [1.82, 2.24) is 0 Å². The Kier molecular flexibility index (Phi) is 10.4. The molecule has 0 spiro atoms. The molecule has 1 atom stereocenters. The molecule has 0 bridgehead atoms. The molecule has 0 radical (unpaired) electrons. The Morgan fingerprint density at radius 2 is 2.00 bits per heavy atom. The molecule has 0 aromatic carbocycles. The minimum Gasteiger partial charge on any atom is -0.381 e. The van der Waals surface area contributed by atoms with E-state index in [1.807, 2.05) is 0 Å². The van der Waals surface area contributed by atoms with E-state index in [-0.39, 0.29) is 0 Å². The lowest BCUT2D eigenvalue weighted by Gasteiger charge is -2.10. The average Bonchev–Trinajstić information content (AvgIpc) is 2.20. The topological polar surface area (TPSA) is 26.3 Å². The van der Waals surface area contributed by atoms with E-state index in [1.165, 1.54) is 19.3 Å². The van der Waals surface area contributed by atoms with Gasteiger partial charge in [-0.3, -0.25) is 0 Å². The van der Waals surface area contributed by atoms with Crippen LogP contribution in [0.25, 0.3) is 0 Å². The van der Waals surface area contributed by atoms with Gasteiger partial charge in [-0.15, -0.1) is 0 Å². The van der Waals surface area contributed by atoms with E-state index < -0.39 is 0 Å². The molecule has 0 aromatic rings. The minimum atomic E-state index is 0.630. The van der Waals surface area contributed by atoms with E-state index in [1.54, 1.807) is 0 Å². The van der Waals surface area contributed by atoms with E-state index in [9.17, 15) is 4.79 Å². The summed E-state index contributed by atoms with van der Waals surface area (Å²) in [5.41, 5.74) is 0. The summed E-state index contributed by atoms with van der Waals surface area (Å²) in [6.45, 7) is 6.09. The highest BCUT2D eigenvalue weighted by Crippen LogP contribution is 2.11. The fraction of sp³-hybridized carbons (Fsp3) is 0.917. The van der Waals surface area contributed by atoms with Gasteiger partial charge in [-0.25, -0.2) is 0 Å². The third-order valence-electron chi connectivity index (χ3n) is 2.42. The smallest absolute Gasteiger partial charge is 0.120 e. The van der Waals surface area contributed by atoms with E-state index in [4.69, 9.17) is 4.74 Å². The number of hydrogen-bond acceptors (Lipinski definition) is 2. The third kappa shape index (κ3) is 9.72. The maximum atomic E-state index is 10.0. The highest BCUT2D eigenvalue weighted by molar-refractivity contribution is 5.48. The van der Waals surface area contributed by atoms with Crippen molar-refractivity contribution >= 4 is 6.29 Å². The lowest BCUT2D eigenvalue weighted by Crippen LogP contribution is -2.03. The van der Waals surface area contributed by atoms with Crippen LogP contribution in [-0.4, -0.2) is 19.5 Å². The Morgan fingerprint density at radius 1 is 1.21 bits per heavy atom. The van der Waals surface area contributed by atoms with Gasteiger partial charge in [0.2, 0.25) is 0 Å². The maximum Gasteiger partial charge on any atom is 0.120 e. The lowest BCUT2D eigenvalue weighted by atomic mass is 10.0. The zero-order valence-corrected chi connectivity index (χ0v) is 9.63. The molecule has 0 aliphatic rings. The van der Waals surface area contributed by atoms with Crippen molar-refractivity contribution in [2.75, 3.05) is 13.2 Å². The Hall–Kier alpha value is -0.370. The molecule has 0 N–H and O–H groups in total. The number of carbonyl (C=O) groups is 1. The molecule has 2 heteroatoms. The Balaban J connectivity index is 3.06. The summed E-state index contributed by atoms with van der Waals surface area (Å²) < 4.78 is 5.43. The van der Waals surface area contributed by atoms with Gasteiger partial charge in [0.1, 0.15) is 6.29 Å². The van der Waals surface area contributed by atoms with Crippen LogP contribution in [0.2, 0.25) is 0 Å². The molecule has 0 heterocycles. The molecule has 0 aromatic heterocycles. The summed E-state index contributed by atoms with van der Waals surface area (Å²) in [5.74, 6) is 0.779. The van der Waals surface area contributed by atoms with Crippen LogP contribution < -0.4 is 0 Å². The quantitative estimate of drug-likeness (QED) is 0.400. The molecule has 2 nitrogen and oxygen atoms in total. The molecule has 14 heavy (non-hydrogen) atoms. The Bertz CT molecular complexity index is 123. The van der Waals surface area contributed by atoms with Gasteiger partial charge in [0, 0.05) is 19.6 Å². The maximum absolute atomic E-state index is 10.0. The second kappa shape index (κ2) is 10.7. The number of carbonyl (C=O) groups excluding carboxylic acids is 1. The van der Waals surface area contributed by atoms with Crippen molar-refractivity contribution in [3.05, 3.63) is 0 Å². The summed E-state index contributed by atoms with van der Waals surface area (Å²) in [5, 5.41) is 0. The minimum absolute atomic E-state index is 0.630. The Labute approximate surface area is 88.0 Å². The number of unbranched alkanes of at least 4 members (excludes halogenated alkanes) is 2. The highest BCUT2D eigenvalue weighted by Gasteiger charge is 2.00. The number of rotatable bonds is 10. The van der Waals surface area contributed by atoms with Gasteiger partial charge < -0.3 is 9.53 Å². The van der Waals surface area contributed by atoms with Crippen LogP contribution >= 0.6 is 0 Å². The van der Waals surface area contributed by atoms with Crippen LogP contribution in [0.4, 0.5) is 0 Å². The van der Waals surface area contributed by atoms with Crippen LogP contribution in [-0.2, 0) is 9.53 Å². The van der Waals surface area contributed by atoms with Crippen molar-refractivity contribution in [2.24, 2.45) is 5.92 Å². The average molecular weight is 200 g/mol. The molecule has 0 amide bonds. The standard InChI is InChI=1S/C12H24O2/c1-3-4-7-12(2)8-11-14-10-6-5-9-13/h9,12H,3-8,10-11H2,1-2H3. The van der Waals surface area contributed by atoms with E-state index in [0.717, 1.165) is 38.3 Å². The van der Waals surface area contributed by atoms with Crippen molar-refractivity contribution in [1.29, 1.82) is 0 Å². The molecule has 0 saturated carbocycles. The zero-order chi connectivity index (χ0) is 10.6. The van der Waals surface area contributed by atoms with Gasteiger partial charge in [-0.2, -0.15) is 0 Å². The molecule has 0 saturated heterocycles. The number of hydrogen-bond donors (Lipinski definition) is 0. The summed E-state index contributed by atoms with van der Waals surface area (Å²) in [4.78, 5) is 10.0. The zero-order valence-electron chi connectivity index (χ0n) is 9.63. The molecule has 0 rings (SSSR count). The first-order valence-electron chi connectivity index (χ1n) is 5.82. The molecule has 0 fully saturated rings. The summed E-state index contributed by atoms with van der Waals surface area (Å²) in [6, 6.07) is 0. The summed E-state index contributed by atoms with van der Waals surface area (Å²) >= 11 is 0. The van der Waals surface area contributed by atoms with E-state index >= 15 is 0 Å². The van der Waals surface area contributed by atoms with E-state index in [2.05, 4.69) is 13.8 Å². The van der Waals surface area contributed by atoms with E-state index in [0.29, 0.717) is 6.42 Å². The molecular weight excluding hydrogens is 176 g/mol. The molecular formula is C12H24O2. The monoisotopic (exact) mass is 200 g/mol. The van der Waals surface area contributed by atoms with Gasteiger partial charge >= 0.3 is 0 Å². The van der Waals surface area contributed by atoms with Crippen molar-refractivity contribution in [3.8, 4) is 0 Å². The van der Waals surface area contributed by atoms with Gasteiger partial charge in [0.25, 0.3) is 0 Å². The largest absolute Gasteiger partial charge is 0.381 e. The van der Waals surface area contributed by atoms with Crippen LogP contribution in [0.5, 0.6) is 0 Å². The lowest BCUT2D eigenvalue weighted by molar-refractivity contribution is -0.108. The molecule has 0 aliphatic heterocycles. The highest BCUT2D eigenvalue weighted by atomic mass is 16.5. The van der Waals surface area contributed by atoms with Crippen molar-refractivity contribution in [3.63, 3.8) is 0 Å². The number of ether oxygens (including phenoxy) is 1.